The maximum Gasteiger partial charge on any atom is 0.251 e. The van der Waals surface area contributed by atoms with E-state index < -0.39 is 0 Å². The second kappa shape index (κ2) is 9.11. The number of ether oxygens (including phenoxy) is 2. The number of aromatic nitrogens is 2. The number of carbonyl (C=O) groups excluding carboxylic acids is 1. The van der Waals surface area contributed by atoms with E-state index in [2.05, 4.69) is 10.4 Å². The maximum absolute atomic E-state index is 12.5. The standard InChI is InChI=1S/C22H22ClN3O3/c23-18-6-8-19(9-7-18)26-14-16(13-25-26)12-24-22(27)17-3-1-4-20(11-17)29-15-21-5-2-10-28-21/h1,3-4,6-9,11,13-14,21H,2,5,10,12,15H2,(H,24,27). The van der Waals surface area contributed by atoms with Crippen molar-refractivity contribution in [1.29, 1.82) is 0 Å². The van der Waals surface area contributed by atoms with Crippen LogP contribution in [-0.2, 0) is 11.3 Å². The molecule has 1 saturated heterocycles. The smallest absolute Gasteiger partial charge is 0.251 e. The Morgan fingerprint density at radius 2 is 2.14 bits per heavy atom. The number of hydrogen-bond donors (Lipinski definition) is 1. The third-order valence-electron chi connectivity index (χ3n) is 4.74. The monoisotopic (exact) mass is 411 g/mol. The fourth-order valence-electron chi connectivity index (χ4n) is 3.16. The van der Waals surface area contributed by atoms with Gasteiger partial charge in [0.25, 0.3) is 5.91 Å². The van der Waals surface area contributed by atoms with Gasteiger partial charge < -0.3 is 14.8 Å². The predicted molar refractivity (Wildman–Crippen MR) is 111 cm³/mol. The lowest BCUT2D eigenvalue weighted by atomic mass is 10.2. The number of rotatable bonds is 7. The van der Waals surface area contributed by atoms with E-state index in [0.717, 1.165) is 30.7 Å². The molecule has 7 heteroatoms. The molecule has 6 nitrogen and oxygen atoms in total. The van der Waals surface area contributed by atoms with Gasteiger partial charge in [-0.15, -0.1) is 0 Å². The molecule has 1 aliphatic heterocycles. The molecule has 0 radical (unpaired) electrons. The summed E-state index contributed by atoms with van der Waals surface area (Å²) in [5.41, 5.74) is 2.36. The average molecular weight is 412 g/mol. The summed E-state index contributed by atoms with van der Waals surface area (Å²) >= 11 is 5.92. The van der Waals surface area contributed by atoms with E-state index in [0.29, 0.717) is 29.5 Å². The summed E-state index contributed by atoms with van der Waals surface area (Å²) in [6, 6.07) is 14.6. The Kier molecular flexibility index (Phi) is 6.12. The largest absolute Gasteiger partial charge is 0.491 e. The van der Waals surface area contributed by atoms with E-state index in [1.807, 2.05) is 42.6 Å². The van der Waals surface area contributed by atoms with Crippen LogP contribution in [0, 0.1) is 0 Å². The van der Waals surface area contributed by atoms with Crippen molar-refractivity contribution in [2.24, 2.45) is 0 Å². The Bertz CT molecular complexity index is 965. The summed E-state index contributed by atoms with van der Waals surface area (Å²) in [5, 5.41) is 7.93. The van der Waals surface area contributed by atoms with Crippen molar-refractivity contribution in [1.82, 2.24) is 15.1 Å². The van der Waals surface area contributed by atoms with Gasteiger partial charge in [-0.25, -0.2) is 4.68 Å². The van der Waals surface area contributed by atoms with Gasteiger partial charge in [0.15, 0.2) is 0 Å². The Labute approximate surface area is 174 Å². The van der Waals surface area contributed by atoms with Gasteiger partial charge in [-0.1, -0.05) is 17.7 Å². The van der Waals surface area contributed by atoms with Crippen molar-refractivity contribution in [3.8, 4) is 11.4 Å². The van der Waals surface area contributed by atoms with Crippen LogP contribution in [0.5, 0.6) is 5.75 Å². The number of hydrogen-bond acceptors (Lipinski definition) is 4. The topological polar surface area (TPSA) is 65.4 Å². The Morgan fingerprint density at radius 1 is 1.28 bits per heavy atom. The number of nitrogens with one attached hydrogen (secondary N) is 1. The van der Waals surface area contributed by atoms with Crippen LogP contribution >= 0.6 is 11.6 Å². The minimum atomic E-state index is -0.160. The molecule has 1 fully saturated rings. The maximum atomic E-state index is 12.5. The summed E-state index contributed by atoms with van der Waals surface area (Å²) in [6.45, 7) is 1.69. The summed E-state index contributed by atoms with van der Waals surface area (Å²) < 4.78 is 13.1. The normalized spacial score (nSPS) is 16.0. The van der Waals surface area contributed by atoms with E-state index in [1.165, 1.54) is 0 Å². The molecule has 2 aromatic carbocycles. The minimum absolute atomic E-state index is 0.143. The van der Waals surface area contributed by atoms with Crippen LogP contribution in [0.2, 0.25) is 5.02 Å². The first-order valence-corrected chi connectivity index (χ1v) is 9.97. The van der Waals surface area contributed by atoms with Gasteiger partial charge in [0, 0.05) is 35.5 Å². The summed E-state index contributed by atoms with van der Waals surface area (Å²) in [7, 11) is 0. The van der Waals surface area contributed by atoms with Crippen molar-refractivity contribution in [3.63, 3.8) is 0 Å². The van der Waals surface area contributed by atoms with Crippen LogP contribution in [0.4, 0.5) is 0 Å². The van der Waals surface area contributed by atoms with Crippen molar-refractivity contribution in [2.45, 2.75) is 25.5 Å². The molecular weight excluding hydrogens is 390 g/mol. The van der Waals surface area contributed by atoms with E-state index >= 15 is 0 Å². The van der Waals surface area contributed by atoms with Gasteiger partial charge in [-0.05, 0) is 55.3 Å². The Morgan fingerprint density at radius 3 is 2.93 bits per heavy atom. The van der Waals surface area contributed by atoms with Crippen LogP contribution in [0.3, 0.4) is 0 Å². The molecule has 0 spiro atoms. The fraction of sp³-hybridized carbons (Fsp3) is 0.273. The lowest BCUT2D eigenvalue weighted by molar-refractivity contribution is 0.0679. The first-order valence-electron chi connectivity index (χ1n) is 9.59. The third kappa shape index (κ3) is 5.16. The highest BCUT2D eigenvalue weighted by Crippen LogP contribution is 2.18. The molecule has 1 N–H and O–H groups in total. The van der Waals surface area contributed by atoms with Crippen molar-refractivity contribution < 1.29 is 14.3 Å². The number of halogens is 1. The van der Waals surface area contributed by atoms with Gasteiger partial charge in [0.2, 0.25) is 0 Å². The second-order valence-corrected chi connectivity index (χ2v) is 7.36. The van der Waals surface area contributed by atoms with Crippen LogP contribution in [-0.4, -0.2) is 35.0 Å². The van der Waals surface area contributed by atoms with Gasteiger partial charge >= 0.3 is 0 Å². The number of carbonyl (C=O) groups is 1. The first kappa shape index (κ1) is 19.5. The van der Waals surface area contributed by atoms with Gasteiger partial charge in [-0.2, -0.15) is 5.10 Å². The number of amides is 1. The highest BCUT2D eigenvalue weighted by Gasteiger charge is 2.16. The van der Waals surface area contributed by atoms with E-state index in [4.69, 9.17) is 21.1 Å². The van der Waals surface area contributed by atoms with Crippen molar-refractivity contribution in [3.05, 3.63) is 77.1 Å². The lowest BCUT2D eigenvalue weighted by Crippen LogP contribution is -2.22. The van der Waals surface area contributed by atoms with Crippen LogP contribution < -0.4 is 10.1 Å². The van der Waals surface area contributed by atoms with Crippen LogP contribution in [0.1, 0.15) is 28.8 Å². The van der Waals surface area contributed by atoms with Gasteiger partial charge in [0.05, 0.1) is 18.0 Å². The van der Waals surface area contributed by atoms with E-state index in [9.17, 15) is 4.79 Å². The summed E-state index contributed by atoms with van der Waals surface area (Å²) in [6.07, 6.45) is 5.85. The molecule has 2 heterocycles. The Balaban J connectivity index is 1.32. The van der Waals surface area contributed by atoms with Crippen LogP contribution in [0.15, 0.2) is 60.9 Å². The van der Waals surface area contributed by atoms with Gasteiger partial charge in [0.1, 0.15) is 12.4 Å². The molecule has 0 aliphatic carbocycles. The highest BCUT2D eigenvalue weighted by atomic mass is 35.5. The predicted octanol–water partition coefficient (Wildman–Crippen LogP) is 4.01. The highest BCUT2D eigenvalue weighted by molar-refractivity contribution is 6.30. The zero-order chi connectivity index (χ0) is 20.1. The molecule has 0 saturated carbocycles. The third-order valence-corrected chi connectivity index (χ3v) is 4.99. The second-order valence-electron chi connectivity index (χ2n) is 6.93. The molecule has 1 aromatic heterocycles. The average Bonchev–Trinajstić information content (AvgIpc) is 3.43. The molecule has 0 bridgehead atoms. The quantitative estimate of drug-likeness (QED) is 0.637. The number of nitrogens with zero attached hydrogens (tertiary/aromatic N) is 2. The Hall–Kier alpha value is -2.83. The summed E-state index contributed by atoms with van der Waals surface area (Å²) in [4.78, 5) is 12.5. The molecule has 1 aliphatic rings. The summed E-state index contributed by atoms with van der Waals surface area (Å²) in [5.74, 6) is 0.510. The minimum Gasteiger partial charge on any atom is -0.491 e. The van der Waals surface area contributed by atoms with Gasteiger partial charge in [-0.3, -0.25) is 4.79 Å². The number of benzene rings is 2. The molecule has 3 aromatic rings. The zero-order valence-corrected chi connectivity index (χ0v) is 16.6. The SMILES string of the molecule is O=C(NCc1cnn(-c2ccc(Cl)cc2)c1)c1cccc(OCC2CCCO2)c1. The fourth-order valence-corrected chi connectivity index (χ4v) is 3.29. The molecular formula is C22H22ClN3O3. The first-order chi connectivity index (χ1) is 14.2. The molecule has 150 valence electrons. The lowest BCUT2D eigenvalue weighted by Gasteiger charge is -2.12. The molecule has 1 atom stereocenters. The van der Waals surface area contributed by atoms with E-state index in [1.54, 1.807) is 23.0 Å². The molecule has 1 unspecified atom stereocenters. The molecule has 1 amide bonds. The van der Waals surface area contributed by atoms with Crippen molar-refractivity contribution in [2.75, 3.05) is 13.2 Å². The molecule has 4 rings (SSSR count). The van der Waals surface area contributed by atoms with E-state index in [-0.39, 0.29) is 12.0 Å². The molecule has 29 heavy (non-hydrogen) atoms. The zero-order valence-electron chi connectivity index (χ0n) is 15.9. The van der Waals surface area contributed by atoms with Crippen molar-refractivity contribution >= 4 is 17.5 Å². The van der Waals surface area contributed by atoms with Crippen LogP contribution in [0.25, 0.3) is 5.69 Å².